The summed E-state index contributed by atoms with van der Waals surface area (Å²) in [5.74, 6) is 0.107. The van der Waals surface area contributed by atoms with E-state index in [-0.39, 0.29) is 11.3 Å². The van der Waals surface area contributed by atoms with Crippen molar-refractivity contribution in [2.24, 2.45) is 0 Å². The monoisotopic (exact) mass is 341 g/mol. The van der Waals surface area contributed by atoms with Crippen molar-refractivity contribution >= 4 is 17.3 Å². The molecule has 0 radical (unpaired) electrons. The van der Waals surface area contributed by atoms with Crippen molar-refractivity contribution in [3.8, 4) is 0 Å². The largest absolute Gasteiger partial charge is 0.459 e. The third-order valence-electron chi connectivity index (χ3n) is 4.67. The average Bonchev–Trinajstić information content (AvgIpc) is 3.09. The highest BCUT2D eigenvalue weighted by molar-refractivity contribution is 6.03. The summed E-state index contributed by atoms with van der Waals surface area (Å²) in [7, 11) is 2.15. The number of nitrogens with one attached hydrogen (secondary N) is 1. The van der Waals surface area contributed by atoms with E-state index in [1.165, 1.54) is 6.26 Å². The summed E-state index contributed by atoms with van der Waals surface area (Å²) in [4.78, 5) is 17.2. The molecule has 0 aliphatic carbocycles. The second-order valence-corrected chi connectivity index (χ2v) is 7.70. The number of likely N-dealkylation sites (N-methyl/N-ethyl adjacent to an activating group) is 1. The number of nitrogens with zero attached hydrogens (tertiary/aromatic N) is 2. The van der Waals surface area contributed by atoms with E-state index in [9.17, 15) is 4.79 Å². The predicted octanol–water partition coefficient (Wildman–Crippen LogP) is 3.58. The Morgan fingerprint density at radius 2 is 1.84 bits per heavy atom. The molecule has 134 valence electrons. The fourth-order valence-electron chi connectivity index (χ4n) is 3.14. The standard InChI is InChI=1S/C20H27N3O2/c1-20(2,3)16-8-7-15(23-11-9-22(4)10-12-23)14-17(16)21-19(24)18-6-5-13-25-18/h5-8,13-14H,9-12H2,1-4H3,(H,21,24). The van der Waals surface area contributed by atoms with Gasteiger partial charge in [-0.3, -0.25) is 4.79 Å². The average molecular weight is 341 g/mol. The number of benzene rings is 1. The van der Waals surface area contributed by atoms with Crippen LogP contribution in [0.25, 0.3) is 0 Å². The molecule has 1 aromatic heterocycles. The maximum absolute atomic E-state index is 12.5. The van der Waals surface area contributed by atoms with Gasteiger partial charge in [0, 0.05) is 37.6 Å². The Morgan fingerprint density at radius 3 is 2.44 bits per heavy atom. The van der Waals surface area contributed by atoms with Gasteiger partial charge in [0.25, 0.3) is 5.91 Å². The maximum atomic E-state index is 12.5. The molecule has 0 bridgehead atoms. The zero-order valence-electron chi connectivity index (χ0n) is 15.5. The molecule has 3 rings (SSSR count). The first-order valence-electron chi connectivity index (χ1n) is 8.77. The third kappa shape index (κ3) is 4.04. The topological polar surface area (TPSA) is 48.7 Å². The van der Waals surface area contributed by atoms with Gasteiger partial charge in [0.2, 0.25) is 0 Å². The van der Waals surface area contributed by atoms with E-state index in [1.54, 1.807) is 12.1 Å². The minimum Gasteiger partial charge on any atom is -0.459 e. The summed E-state index contributed by atoms with van der Waals surface area (Å²) in [6.07, 6.45) is 1.51. The van der Waals surface area contributed by atoms with Crippen LogP contribution in [0.1, 0.15) is 36.9 Å². The Hall–Kier alpha value is -2.27. The Balaban J connectivity index is 1.89. The van der Waals surface area contributed by atoms with Gasteiger partial charge in [-0.05, 0) is 42.3 Å². The highest BCUT2D eigenvalue weighted by Crippen LogP contribution is 2.33. The Bertz CT molecular complexity index is 724. The summed E-state index contributed by atoms with van der Waals surface area (Å²) in [6, 6.07) is 9.78. The first-order valence-corrected chi connectivity index (χ1v) is 8.77. The van der Waals surface area contributed by atoms with Crippen LogP contribution in [0.15, 0.2) is 41.0 Å². The van der Waals surface area contributed by atoms with Gasteiger partial charge in [0.1, 0.15) is 0 Å². The van der Waals surface area contributed by atoms with Gasteiger partial charge in [0.15, 0.2) is 5.76 Å². The van der Waals surface area contributed by atoms with E-state index in [2.05, 4.69) is 61.1 Å². The van der Waals surface area contributed by atoms with Crippen molar-refractivity contribution in [3.05, 3.63) is 47.9 Å². The lowest BCUT2D eigenvalue weighted by Crippen LogP contribution is -2.44. The first kappa shape index (κ1) is 17.5. The molecule has 2 aromatic rings. The first-order chi connectivity index (χ1) is 11.8. The van der Waals surface area contributed by atoms with Crippen molar-refractivity contribution in [2.45, 2.75) is 26.2 Å². The number of hydrogen-bond donors (Lipinski definition) is 1. The zero-order valence-corrected chi connectivity index (χ0v) is 15.5. The van der Waals surface area contributed by atoms with E-state index in [1.807, 2.05) is 0 Å². The fourth-order valence-corrected chi connectivity index (χ4v) is 3.14. The summed E-state index contributed by atoms with van der Waals surface area (Å²) in [6.45, 7) is 10.6. The number of hydrogen-bond acceptors (Lipinski definition) is 4. The van der Waals surface area contributed by atoms with Crippen molar-refractivity contribution in [3.63, 3.8) is 0 Å². The van der Waals surface area contributed by atoms with Gasteiger partial charge in [-0.1, -0.05) is 26.8 Å². The summed E-state index contributed by atoms with van der Waals surface area (Å²) in [5, 5.41) is 3.04. The molecule has 25 heavy (non-hydrogen) atoms. The van der Waals surface area contributed by atoms with Crippen molar-refractivity contribution < 1.29 is 9.21 Å². The van der Waals surface area contributed by atoms with E-state index in [0.29, 0.717) is 5.76 Å². The number of piperazine rings is 1. The lowest BCUT2D eigenvalue weighted by Gasteiger charge is -2.35. The Labute approximate surface area is 149 Å². The minimum atomic E-state index is -0.217. The molecular weight excluding hydrogens is 314 g/mol. The van der Waals surface area contributed by atoms with Crippen LogP contribution in [0, 0.1) is 0 Å². The number of furan rings is 1. The number of anilines is 2. The highest BCUT2D eigenvalue weighted by atomic mass is 16.3. The molecule has 2 heterocycles. The van der Waals surface area contributed by atoms with Gasteiger partial charge >= 0.3 is 0 Å². The number of amides is 1. The Kier molecular flexibility index (Phi) is 4.86. The van der Waals surface area contributed by atoms with Crippen LogP contribution >= 0.6 is 0 Å². The summed E-state index contributed by atoms with van der Waals surface area (Å²) < 4.78 is 5.22. The van der Waals surface area contributed by atoms with E-state index >= 15 is 0 Å². The van der Waals surface area contributed by atoms with Crippen LogP contribution in [-0.4, -0.2) is 44.0 Å². The van der Waals surface area contributed by atoms with Gasteiger partial charge in [0.05, 0.1) is 6.26 Å². The van der Waals surface area contributed by atoms with Crippen LogP contribution in [0.3, 0.4) is 0 Å². The smallest absolute Gasteiger partial charge is 0.291 e. The zero-order chi connectivity index (χ0) is 18.0. The molecule has 1 aromatic carbocycles. The lowest BCUT2D eigenvalue weighted by atomic mass is 9.85. The molecule has 1 saturated heterocycles. The summed E-state index contributed by atoms with van der Waals surface area (Å²) >= 11 is 0. The summed E-state index contributed by atoms with van der Waals surface area (Å²) in [5.41, 5.74) is 3.05. The van der Waals surface area contributed by atoms with Crippen molar-refractivity contribution in [1.29, 1.82) is 0 Å². The predicted molar refractivity (Wildman–Crippen MR) is 102 cm³/mol. The molecule has 1 amide bonds. The molecule has 5 heteroatoms. The molecule has 0 atom stereocenters. The van der Waals surface area contributed by atoms with Crippen LogP contribution in [0.5, 0.6) is 0 Å². The molecule has 1 aliphatic rings. The van der Waals surface area contributed by atoms with Gasteiger partial charge < -0.3 is 19.5 Å². The quantitative estimate of drug-likeness (QED) is 0.927. The number of carbonyl (C=O) groups is 1. The molecule has 1 N–H and O–H groups in total. The second kappa shape index (κ2) is 6.92. The van der Waals surface area contributed by atoms with Crippen LogP contribution in [0.2, 0.25) is 0 Å². The Morgan fingerprint density at radius 1 is 1.12 bits per heavy atom. The van der Waals surface area contributed by atoms with Crippen LogP contribution in [-0.2, 0) is 5.41 Å². The molecule has 1 fully saturated rings. The molecule has 0 saturated carbocycles. The van der Waals surface area contributed by atoms with E-state index < -0.39 is 0 Å². The van der Waals surface area contributed by atoms with E-state index in [4.69, 9.17) is 4.42 Å². The highest BCUT2D eigenvalue weighted by Gasteiger charge is 2.22. The molecular formula is C20H27N3O2. The van der Waals surface area contributed by atoms with Gasteiger partial charge in [-0.2, -0.15) is 0 Å². The fraction of sp³-hybridized carbons (Fsp3) is 0.450. The third-order valence-corrected chi connectivity index (χ3v) is 4.67. The van der Waals surface area contributed by atoms with E-state index in [0.717, 1.165) is 43.1 Å². The van der Waals surface area contributed by atoms with Crippen LogP contribution in [0.4, 0.5) is 11.4 Å². The second-order valence-electron chi connectivity index (χ2n) is 7.70. The van der Waals surface area contributed by atoms with Gasteiger partial charge in [-0.25, -0.2) is 0 Å². The molecule has 5 nitrogen and oxygen atoms in total. The normalized spacial score (nSPS) is 16.1. The maximum Gasteiger partial charge on any atom is 0.291 e. The number of rotatable bonds is 3. The molecule has 1 aliphatic heterocycles. The SMILES string of the molecule is CN1CCN(c2ccc(C(C)(C)C)c(NC(=O)c3ccco3)c2)CC1. The lowest BCUT2D eigenvalue weighted by molar-refractivity contribution is 0.0996. The molecule has 0 unspecified atom stereocenters. The van der Waals surface area contributed by atoms with Crippen LogP contribution < -0.4 is 10.2 Å². The van der Waals surface area contributed by atoms with Crippen molar-refractivity contribution in [2.75, 3.05) is 43.4 Å². The minimum absolute atomic E-state index is 0.0631. The van der Waals surface area contributed by atoms with Crippen molar-refractivity contribution in [1.82, 2.24) is 4.90 Å². The number of carbonyl (C=O) groups excluding carboxylic acids is 1. The van der Waals surface area contributed by atoms with Gasteiger partial charge in [-0.15, -0.1) is 0 Å². The molecule has 0 spiro atoms.